The van der Waals surface area contributed by atoms with Crippen molar-refractivity contribution < 1.29 is 8.42 Å². The van der Waals surface area contributed by atoms with E-state index in [9.17, 15) is 8.42 Å². The molecule has 0 aliphatic heterocycles. The molecule has 0 unspecified atom stereocenters. The van der Waals surface area contributed by atoms with Crippen LogP contribution >= 0.6 is 0 Å². The van der Waals surface area contributed by atoms with E-state index >= 15 is 0 Å². The molecule has 0 fully saturated rings. The quantitative estimate of drug-likeness (QED) is 0.621. The molecule has 0 atom stereocenters. The number of benzene rings is 3. The Bertz CT molecular complexity index is 1010. The van der Waals surface area contributed by atoms with Gasteiger partial charge in [0.15, 0.2) is 0 Å². The molecule has 0 bridgehead atoms. The van der Waals surface area contributed by atoms with Crippen LogP contribution in [0, 0.1) is 11.3 Å². The van der Waals surface area contributed by atoms with Gasteiger partial charge in [-0.15, -0.1) is 0 Å². The largest absolute Gasteiger partial charge is 0.244 e. The van der Waals surface area contributed by atoms with E-state index in [2.05, 4.69) is 0 Å². The van der Waals surface area contributed by atoms with Crippen LogP contribution in [0.4, 0.5) is 0 Å². The number of sulfonamides is 1. The van der Waals surface area contributed by atoms with Crippen LogP contribution in [0.3, 0.4) is 0 Å². The van der Waals surface area contributed by atoms with E-state index in [1.54, 1.807) is 18.2 Å². The van der Waals surface area contributed by atoms with E-state index < -0.39 is 10.0 Å². The Morgan fingerprint density at radius 2 is 1.38 bits per heavy atom. The Labute approximate surface area is 154 Å². The number of nitriles is 1. The van der Waals surface area contributed by atoms with Gasteiger partial charge in [-0.05, 0) is 17.2 Å². The predicted molar refractivity (Wildman–Crippen MR) is 102 cm³/mol. The molecule has 3 aromatic rings. The second-order valence-corrected chi connectivity index (χ2v) is 7.69. The molecule has 0 saturated carbocycles. The van der Waals surface area contributed by atoms with Crippen LogP contribution < -0.4 is 0 Å². The first kappa shape index (κ1) is 17.9. The first-order valence-electron chi connectivity index (χ1n) is 8.18. The minimum atomic E-state index is -3.83. The smallest absolute Gasteiger partial charge is 0.207 e. The molecule has 3 aromatic carbocycles. The highest BCUT2D eigenvalue weighted by atomic mass is 32.2. The maximum atomic E-state index is 13.3. The van der Waals surface area contributed by atoms with Crippen molar-refractivity contribution in [2.24, 2.45) is 0 Å². The molecule has 0 radical (unpaired) electrons. The van der Waals surface area contributed by atoms with E-state index in [1.165, 1.54) is 4.31 Å². The summed E-state index contributed by atoms with van der Waals surface area (Å²) in [6.45, 7) is -0.0553. The molecule has 0 aliphatic rings. The molecular weight excluding hydrogens is 344 g/mol. The standard InChI is InChI=1S/C21H18N2O2S/c22-15-16-23(17-18-9-3-1-4-10-18)26(24,25)21-14-8-7-13-20(21)19-11-5-2-6-12-19/h1-14H,16-17H2. The summed E-state index contributed by atoms with van der Waals surface area (Å²) in [5, 5.41) is 9.16. The van der Waals surface area contributed by atoms with Crippen LogP contribution in [0.25, 0.3) is 11.1 Å². The van der Waals surface area contributed by atoms with Crippen LogP contribution in [-0.4, -0.2) is 19.3 Å². The predicted octanol–water partition coefficient (Wildman–Crippen LogP) is 4.07. The fourth-order valence-corrected chi connectivity index (χ4v) is 4.32. The second kappa shape index (κ2) is 7.96. The first-order chi connectivity index (χ1) is 12.6. The van der Waals surface area contributed by atoms with E-state index in [-0.39, 0.29) is 18.0 Å². The fraction of sp³-hybridized carbons (Fsp3) is 0.0952. The average Bonchev–Trinajstić information content (AvgIpc) is 2.69. The molecule has 130 valence electrons. The highest BCUT2D eigenvalue weighted by Gasteiger charge is 2.27. The minimum absolute atomic E-state index is 0.153. The highest BCUT2D eigenvalue weighted by Crippen LogP contribution is 2.29. The Morgan fingerprint density at radius 3 is 2.04 bits per heavy atom. The molecule has 0 spiro atoms. The van der Waals surface area contributed by atoms with Crippen molar-refractivity contribution in [1.82, 2.24) is 4.31 Å². The third kappa shape index (κ3) is 3.83. The minimum Gasteiger partial charge on any atom is -0.207 e. The van der Waals surface area contributed by atoms with Crippen molar-refractivity contribution in [3.8, 4) is 17.2 Å². The van der Waals surface area contributed by atoms with E-state index in [0.29, 0.717) is 5.56 Å². The lowest BCUT2D eigenvalue weighted by molar-refractivity contribution is 0.441. The van der Waals surface area contributed by atoms with Gasteiger partial charge in [0.1, 0.15) is 6.54 Å². The van der Waals surface area contributed by atoms with Crippen molar-refractivity contribution >= 4 is 10.0 Å². The molecule has 0 N–H and O–H groups in total. The van der Waals surface area contributed by atoms with Crippen molar-refractivity contribution in [1.29, 1.82) is 5.26 Å². The van der Waals surface area contributed by atoms with Gasteiger partial charge in [-0.1, -0.05) is 78.9 Å². The lowest BCUT2D eigenvalue weighted by Gasteiger charge is -2.21. The number of nitrogens with zero attached hydrogens (tertiary/aromatic N) is 2. The summed E-state index contributed by atoms with van der Waals surface area (Å²) in [6.07, 6.45) is 0. The van der Waals surface area contributed by atoms with Crippen LogP contribution in [-0.2, 0) is 16.6 Å². The summed E-state index contributed by atoms with van der Waals surface area (Å²) in [5.41, 5.74) is 2.29. The maximum Gasteiger partial charge on any atom is 0.244 e. The highest BCUT2D eigenvalue weighted by molar-refractivity contribution is 7.89. The summed E-state index contributed by atoms with van der Waals surface area (Å²) < 4.78 is 27.8. The molecule has 4 nitrogen and oxygen atoms in total. The van der Waals surface area contributed by atoms with Crippen molar-refractivity contribution in [3.63, 3.8) is 0 Å². The number of rotatable bonds is 6. The molecular formula is C21H18N2O2S. The average molecular weight is 362 g/mol. The number of hydrogen-bond donors (Lipinski definition) is 0. The fourth-order valence-electron chi connectivity index (χ4n) is 2.78. The zero-order chi connectivity index (χ0) is 18.4. The van der Waals surface area contributed by atoms with Gasteiger partial charge in [0, 0.05) is 12.1 Å². The Morgan fingerprint density at radius 1 is 0.808 bits per heavy atom. The summed E-state index contributed by atoms with van der Waals surface area (Å²) in [4.78, 5) is 0.206. The van der Waals surface area contributed by atoms with Gasteiger partial charge < -0.3 is 0 Å². The molecule has 0 aromatic heterocycles. The molecule has 5 heteroatoms. The van der Waals surface area contributed by atoms with Gasteiger partial charge in [0.25, 0.3) is 0 Å². The SMILES string of the molecule is N#CCN(Cc1ccccc1)S(=O)(=O)c1ccccc1-c1ccccc1. The normalized spacial score (nSPS) is 11.2. The van der Waals surface area contributed by atoms with Gasteiger partial charge in [0.2, 0.25) is 10.0 Å². The molecule has 26 heavy (non-hydrogen) atoms. The van der Waals surface area contributed by atoms with Crippen molar-refractivity contribution in [2.45, 2.75) is 11.4 Å². The zero-order valence-corrected chi connectivity index (χ0v) is 14.9. The third-order valence-corrected chi connectivity index (χ3v) is 5.89. The maximum absolute atomic E-state index is 13.3. The molecule has 0 saturated heterocycles. The topological polar surface area (TPSA) is 61.2 Å². The van der Waals surface area contributed by atoms with E-state index in [4.69, 9.17) is 5.26 Å². The summed E-state index contributed by atoms with van der Waals surface area (Å²) in [6, 6.07) is 27.5. The Kier molecular flexibility index (Phi) is 5.47. The van der Waals surface area contributed by atoms with Crippen LogP contribution in [0.5, 0.6) is 0 Å². The van der Waals surface area contributed by atoms with E-state index in [0.717, 1.165) is 11.1 Å². The lowest BCUT2D eigenvalue weighted by atomic mass is 10.1. The number of hydrogen-bond acceptors (Lipinski definition) is 3. The summed E-state index contributed by atoms with van der Waals surface area (Å²) in [5.74, 6) is 0. The van der Waals surface area contributed by atoms with Gasteiger partial charge in [0.05, 0.1) is 11.0 Å². The van der Waals surface area contributed by atoms with Crippen molar-refractivity contribution in [2.75, 3.05) is 6.54 Å². The molecule has 0 amide bonds. The molecule has 0 aliphatic carbocycles. The first-order valence-corrected chi connectivity index (χ1v) is 9.62. The Balaban J connectivity index is 2.05. The molecule has 3 rings (SSSR count). The second-order valence-electron chi connectivity index (χ2n) is 5.78. The molecule has 0 heterocycles. The van der Waals surface area contributed by atoms with E-state index in [1.807, 2.05) is 72.8 Å². The van der Waals surface area contributed by atoms with Gasteiger partial charge in [-0.3, -0.25) is 0 Å². The lowest BCUT2D eigenvalue weighted by Crippen LogP contribution is -2.31. The summed E-state index contributed by atoms with van der Waals surface area (Å²) in [7, 11) is -3.83. The summed E-state index contributed by atoms with van der Waals surface area (Å²) >= 11 is 0. The van der Waals surface area contributed by atoms with Crippen LogP contribution in [0.15, 0.2) is 89.8 Å². The van der Waals surface area contributed by atoms with Crippen molar-refractivity contribution in [3.05, 3.63) is 90.5 Å². The van der Waals surface area contributed by atoms with Crippen LogP contribution in [0.2, 0.25) is 0 Å². The van der Waals surface area contributed by atoms with Gasteiger partial charge in [-0.25, -0.2) is 8.42 Å². The third-order valence-electron chi connectivity index (χ3n) is 4.04. The zero-order valence-electron chi connectivity index (χ0n) is 14.1. The van der Waals surface area contributed by atoms with Gasteiger partial charge >= 0.3 is 0 Å². The van der Waals surface area contributed by atoms with Gasteiger partial charge in [-0.2, -0.15) is 9.57 Å². The Hall–Kier alpha value is -2.94. The van der Waals surface area contributed by atoms with Crippen LogP contribution in [0.1, 0.15) is 5.56 Å². The monoisotopic (exact) mass is 362 g/mol.